The zero-order chi connectivity index (χ0) is 14.1. The fraction of sp³-hybridized carbons (Fsp3) is 0.200. The maximum absolute atomic E-state index is 4.72. The number of nitrogens with zero attached hydrogens (tertiary/aromatic N) is 3. The van der Waals surface area contributed by atoms with Crippen LogP contribution in [0.5, 0.6) is 0 Å². The lowest BCUT2D eigenvalue weighted by Crippen LogP contribution is -2.10. The van der Waals surface area contributed by atoms with Gasteiger partial charge in [-0.25, -0.2) is 9.50 Å². The van der Waals surface area contributed by atoms with Gasteiger partial charge in [-0.3, -0.25) is 0 Å². The molecule has 0 saturated carbocycles. The highest BCUT2D eigenvalue weighted by Crippen LogP contribution is 2.22. The summed E-state index contributed by atoms with van der Waals surface area (Å²) in [5.41, 5.74) is 5.01. The van der Waals surface area contributed by atoms with Gasteiger partial charge in [0.05, 0.1) is 17.1 Å². The van der Waals surface area contributed by atoms with E-state index in [9.17, 15) is 0 Å². The molecule has 102 valence electrons. The van der Waals surface area contributed by atoms with E-state index in [1.807, 2.05) is 42.8 Å². The van der Waals surface area contributed by atoms with Gasteiger partial charge in [0.25, 0.3) is 0 Å². The Bertz CT molecular complexity index is 764. The van der Waals surface area contributed by atoms with Crippen LogP contribution in [0.3, 0.4) is 0 Å². The molecule has 2 aromatic heterocycles. The monoisotopic (exact) mass is 330 g/mol. The third-order valence-electron chi connectivity index (χ3n) is 3.24. The van der Waals surface area contributed by atoms with E-state index in [1.54, 1.807) is 0 Å². The van der Waals surface area contributed by atoms with E-state index in [4.69, 9.17) is 5.10 Å². The van der Waals surface area contributed by atoms with E-state index in [0.29, 0.717) is 0 Å². The van der Waals surface area contributed by atoms with Crippen LogP contribution >= 0.6 is 15.9 Å². The second-order valence-electron chi connectivity index (χ2n) is 4.67. The van der Waals surface area contributed by atoms with Crippen molar-refractivity contribution in [2.45, 2.75) is 13.5 Å². The first-order chi connectivity index (χ1) is 9.69. The highest BCUT2D eigenvalue weighted by molar-refractivity contribution is 9.10. The van der Waals surface area contributed by atoms with E-state index in [1.165, 1.54) is 0 Å². The zero-order valence-corrected chi connectivity index (χ0v) is 13.0. The quantitative estimate of drug-likeness (QED) is 0.801. The average molecular weight is 331 g/mol. The maximum Gasteiger partial charge on any atom is 0.154 e. The van der Waals surface area contributed by atoms with Gasteiger partial charge in [-0.05, 0) is 38.2 Å². The Morgan fingerprint density at radius 3 is 2.85 bits per heavy atom. The third kappa shape index (κ3) is 2.34. The van der Waals surface area contributed by atoms with Gasteiger partial charge < -0.3 is 5.32 Å². The first-order valence-corrected chi connectivity index (χ1v) is 7.24. The number of benzene rings is 1. The van der Waals surface area contributed by atoms with Gasteiger partial charge in [-0.15, -0.1) is 0 Å². The molecular weight excluding hydrogens is 316 g/mol. The van der Waals surface area contributed by atoms with E-state index in [2.05, 4.69) is 38.4 Å². The molecule has 0 unspecified atom stereocenters. The Balaban J connectivity index is 2.16. The first-order valence-electron chi connectivity index (χ1n) is 6.45. The van der Waals surface area contributed by atoms with Crippen LogP contribution in [0.1, 0.15) is 11.4 Å². The Morgan fingerprint density at radius 1 is 1.25 bits per heavy atom. The molecule has 0 aliphatic rings. The summed E-state index contributed by atoms with van der Waals surface area (Å²) in [7, 11) is 1.93. The molecule has 0 aliphatic carbocycles. The summed E-state index contributed by atoms with van der Waals surface area (Å²) >= 11 is 3.50. The fourth-order valence-corrected chi connectivity index (χ4v) is 2.66. The topological polar surface area (TPSA) is 42.2 Å². The number of hydrogen-bond donors (Lipinski definition) is 1. The molecule has 20 heavy (non-hydrogen) atoms. The fourth-order valence-electron chi connectivity index (χ4n) is 2.26. The Kier molecular flexibility index (Phi) is 3.54. The van der Waals surface area contributed by atoms with Crippen LogP contribution in [0, 0.1) is 6.92 Å². The highest BCUT2D eigenvalue weighted by Gasteiger charge is 2.10. The summed E-state index contributed by atoms with van der Waals surface area (Å²) in [5.74, 6) is 0. The average Bonchev–Trinajstić information content (AvgIpc) is 2.75. The number of hydrogen-bond acceptors (Lipinski definition) is 3. The molecule has 0 spiro atoms. The van der Waals surface area contributed by atoms with Crippen molar-refractivity contribution in [3.05, 3.63) is 52.3 Å². The van der Waals surface area contributed by atoms with Gasteiger partial charge in [0, 0.05) is 16.6 Å². The third-order valence-corrected chi connectivity index (χ3v) is 3.73. The van der Waals surface area contributed by atoms with Crippen molar-refractivity contribution in [3.8, 4) is 11.3 Å². The lowest BCUT2D eigenvalue weighted by atomic mass is 10.1. The summed E-state index contributed by atoms with van der Waals surface area (Å²) in [4.78, 5) is 4.54. The summed E-state index contributed by atoms with van der Waals surface area (Å²) in [6.07, 6.45) is 0. The number of nitrogens with one attached hydrogen (secondary N) is 1. The van der Waals surface area contributed by atoms with Crippen LogP contribution in [0.4, 0.5) is 0 Å². The number of aryl methyl sites for hydroxylation is 1. The van der Waals surface area contributed by atoms with Gasteiger partial charge in [0.15, 0.2) is 5.65 Å². The predicted molar refractivity (Wildman–Crippen MR) is 83.6 cm³/mol. The van der Waals surface area contributed by atoms with Gasteiger partial charge in [-0.1, -0.05) is 28.1 Å². The second-order valence-corrected chi connectivity index (χ2v) is 5.59. The maximum atomic E-state index is 4.72. The van der Waals surface area contributed by atoms with Crippen LogP contribution in [0.15, 0.2) is 40.9 Å². The first kappa shape index (κ1) is 13.3. The number of halogens is 1. The smallest absolute Gasteiger partial charge is 0.154 e. The second kappa shape index (κ2) is 5.34. The lowest BCUT2D eigenvalue weighted by molar-refractivity contribution is 0.744. The molecule has 2 heterocycles. The molecule has 0 atom stereocenters. The number of imidazole rings is 1. The highest BCUT2D eigenvalue weighted by atomic mass is 79.9. The molecule has 0 bridgehead atoms. The minimum absolute atomic E-state index is 0.752. The molecule has 3 aromatic rings. The van der Waals surface area contributed by atoms with E-state index >= 15 is 0 Å². The van der Waals surface area contributed by atoms with Crippen LogP contribution in [-0.2, 0) is 6.54 Å². The lowest BCUT2D eigenvalue weighted by Gasteiger charge is -2.05. The van der Waals surface area contributed by atoms with Crippen molar-refractivity contribution < 1.29 is 0 Å². The van der Waals surface area contributed by atoms with Crippen molar-refractivity contribution >= 4 is 21.6 Å². The number of aromatic nitrogens is 3. The minimum atomic E-state index is 0.752. The van der Waals surface area contributed by atoms with Crippen molar-refractivity contribution in [2.24, 2.45) is 0 Å². The molecule has 3 rings (SSSR count). The molecule has 0 amide bonds. The van der Waals surface area contributed by atoms with E-state index in [0.717, 1.165) is 39.3 Å². The van der Waals surface area contributed by atoms with Gasteiger partial charge >= 0.3 is 0 Å². The van der Waals surface area contributed by atoms with E-state index < -0.39 is 0 Å². The Hall–Kier alpha value is -1.72. The largest absolute Gasteiger partial charge is 0.314 e. The number of rotatable bonds is 3. The molecule has 0 fully saturated rings. The van der Waals surface area contributed by atoms with Crippen molar-refractivity contribution in [2.75, 3.05) is 7.05 Å². The molecule has 0 radical (unpaired) electrons. The predicted octanol–water partition coefficient (Wildman–Crippen LogP) is 3.19. The van der Waals surface area contributed by atoms with Gasteiger partial charge in [0.2, 0.25) is 0 Å². The van der Waals surface area contributed by atoms with Gasteiger partial charge in [0.1, 0.15) is 0 Å². The molecule has 0 saturated heterocycles. The summed E-state index contributed by atoms with van der Waals surface area (Å²) in [6.45, 7) is 2.77. The molecule has 4 nitrogen and oxygen atoms in total. The van der Waals surface area contributed by atoms with Crippen molar-refractivity contribution in [3.63, 3.8) is 0 Å². The Labute approximate surface area is 126 Å². The minimum Gasteiger partial charge on any atom is -0.314 e. The van der Waals surface area contributed by atoms with E-state index in [-0.39, 0.29) is 0 Å². The number of fused-ring (bicyclic) bond motifs is 1. The van der Waals surface area contributed by atoms with Crippen molar-refractivity contribution in [1.82, 2.24) is 19.9 Å². The van der Waals surface area contributed by atoms with Crippen LogP contribution in [-0.4, -0.2) is 21.6 Å². The molecule has 5 heteroatoms. The SMILES string of the molecule is CNCc1c(C)nc2ccc(-c3cccc(Br)c3)nn12. The molecule has 1 aromatic carbocycles. The molecular formula is C15H15BrN4. The summed E-state index contributed by atoms with van der Waals surface area (Å²) in [6, 6.07) is 12.2. The zero-order valence-electron chi connectivity index (χ0n) is 11.4. The van der Waals surface area contributed by atoms with Crippen molar-refractivity contribution in [1.29, 1.82) is 0 Å². The molecule has 0 aliphatic heterocycles. The van der Waals surface area contributed by atoms with Gasteiger partial charge in [-0.2, -0.15) is 5.10 Å². The normalized spacial score (nSPS) is 11.2. The summed E-state index contributed by atoms with van der Waals surface area (Å²) < 4.78 is 2.97. The molecule has 1 N–H and O–H groups in total. The van der Waals surface area contributed by atoms with Crippen LogP contribution in [0.2, 0.25) is 0 Å². The Morgan fingerprint density at radius 2 is 2.10 bits per heavy atom. The van der Waals surface area contributed by atoms with Crippen LogP contribution in [0.25, 0.3) is 16.9 Å². The standard InChI is InChI=1S/C15H15BrN4/c1-10-14(9-17-2)20-15(18-10)7-6-13(19-20)11-4-3-5-12(16)8-11/h3-8,17H,9H2,1-2H3. The summed E-state index contributed by atoms with van der Waals surface area (Å²) in [5, 5.41) is 7.88. The van der Waals surface area contributed by atoms with Crippen LogP contribution < -0.4 is 5.32 Å².